The Labute approximate surface area is 337 Å². The second-order valence-electron chi connectivity index (χ2n) is 13.5. The van der Waals surface area contributed by atoms with E-state index in [4.69, 9.17) is 9.47 Å². The Bertz CT molecular complexity index is 2100. The molecule has 0 aliphatic carbocycles. The SMILES string of the molecule is CCOC(=O)c1c(NC(=O)C(CC)Sc2cccc(NC(=O)/C(=C\c3cccc(Br)c3)NC(=O)c3ccccc3)c2)sc2c1CCN(C(=O)OC(C)(C)C)C2. The molecule has 55 heavy (non-hydrogen) atoms. The van der Waals surface area contributed by atoms with Crippen LogP contribution < -0.4 is 16.0 Å². The average molecular weight is 848 g/mol. The minimum atomic E-state index is -0.652. The summed E-state index contributed by atoms with van der Waals surface area (Å²) in [7, 11) is 0. The van der Waals surface area contributed by atoms with Gasteiger partial charge in [0.15, 0.2) is 0 Å². The number of hydrogen-bond acceptors (Lipinski definition) is 9. The average Bonchev–Trinajstić information content (AvgIpc) is 3.50. The van der Waals surface area contributed by atoms with Crippen LogP contribution in [0.3, 0.4) is 0 Å². The van der Waals surface area contributed by atoms with Crippen LogP contribution >= 0.6 is 39.0 Å². The fourth-order valence-corrected chi connectivity index (χ4v) is 8.31. The van der Waals surface area contributed by atoms with Crippen molar-refractivity contribution < 1.29 is 33.4 Å². The summed E-state index contributed by atoms with van der Waals surface area (Å²) >= 11 is 6.02. The van der Waals surface area contributed by atoms with E-state index in [1.165, 1.54) is 23.1 Å². The Morgan fingerprint density at radius 1 is 0.964 bits per heavy atom. The number of halogens is 1. The molecule has 0 fully saturated rings. The first kappa shape index (κ1) is 41.2. The zero-order valence-electron chi connectivity index (χ0n) is 31.2. The molecular formula is C41H43BrN4O7S2. The van der Waals surface area contributed by atoms with Crippen LogP contribution in [0.5, 0.6) is 0 Å². The molecule has 5 rings (SSSR count). The van der Waals surface area contributed by atoms with Gasteiger partial charge in [-0.1, -0.05) is 59.3 Å². The lowest BCUT2D eigenvalue weighted by atomic mass is 10.0. The third kappa shape index (κ3) is 11.3. The van der Waals surface area contributed by atoms with Gasteiger partial charge in [-0.25, -0.2) is 9.59 Å². The molecule has 2 heterocycles. The number of benzene rings is 3. The van der Waals surface area contributed by atoms with Crippen molar-refractivity contribution in [1.82, 2.24) is 10.2 Å². The number of fused-ring (bicyclic) bond motifs is 1. The van der Waals surface area contributed by atoms with E-state index < -0.39 is 34.7 Å². The van der Waals surface area contributed by atoms with Crippen molar-refractivity contribution in [2.75, 3.05) is 23.8 Å². The molecule has 0 radical (unpaired) electrons. The molecule has 0 saturated carbocycles. The summed E-state index contributed by atoms with van der Waals surface area (Å²) in [5.41, 5.74) is 2.03. The molecule has 1 aliphatic rings. The molecule has 3 aromatic carbocycles. The largest absolute Gasteiger partial charge is 0.462 e. The number of ether oxygens (including phenoxy) is 2. The highest BCUT2D eigenvalue weighted by Gasteiger charge is 2.33. The fraction of sp³-hybridized carbons (Fsp3) is 0.293. The predicted octanol–water partition coefficient (Wildman–Crippen LogP) is 8.90. The molecule has 3 N–H and O–H groups in total. The van der Waals surface area contributed by atoms with E-state index >= 15 is 0 Å². The van der Waals surface area contributed by atoms with Crippen molar-refractivity contribution in [1.29, 1.82) is 0 Å². The number of hydrogen-bond donors (Lipinski definition) is 3. The number of amides is 4. The Morgan fingerprint density at radius 2 is 1.71 bits per heavy atom. The van der Waals surface area contributed by atoms with Gasteiger partial charge in [-0.3, -0.25) is 14.4 Å². The van der Waals surface area contributed by atoms with E-state index in [0.717, 1.165) is 19.8 Å². The van der Waals surface area contributed by atoms with Gasteiger partial charge in [0.25, 0.3) is 11.8 Å². The van der Waals surface area contributed by atoms with Crippen LogP contribution in [-0.4, -0.2) is 58.7 Å². The van der Waals surface area contributed by atoms with Gasteiger partial charge in [0.2, 0.25) is 5.91 Å². The van der Waals surface area contributed by atoms with E-state index in [0.29, 0.717) is 46.8 Å². The monoisotopic (exact) mass is 846 g/mol. The maximum absolute atomic E-state index is 13.8. The van der Waals surface area contributed by atoms with Crippen molar-refractivity contribution in [3.05, 3.63) is 116 Å². The van der Waals surface area contributed by atoms with Crippen LogP contribution in [0.15, 0.2) is 93.9 Å². The summed E-state index contributed by atoms with van der Waals surface area (Å²) in [6, 6.07) is 23.0. The zero-order valence-corrected chi connectivity index (χ0v) is 34.4. The number of carbonyl (C=O) groups is 5. The van der Waals surface area contributed by atoms with E-state index in [9.17, 15) is 24.0 Å². The maximum Gasteiger partial charge on any atom is 0.410 e. The number of rotatable bonds is 12. The van der Waals surface area contributed by atoms with Crippen LogP contribution in [-0.2, 0) is 32.0 Å². The molecule has 1 atom stereocenters. The summed E-state index contributed by atoms with van der Waals surface area (Å²) in [4.78, 5) is 69.7. The van der Waals surface area contributed by atoms with E-state index in [1.54, 1.807) is 87.2 Å². The molecule has 0 bridgehead atoms. The first-order valence-corrected chi connectivity index (χ1v) is 20.3. The molecule has 4 amide bonds. The number of thioether (sulfide) groups is 1. The minimum Gasteiger partial charge on any atom is -0.462 e. The van der Waals surface area contributed by atoms with Crippen LogP contribution in [0.25, 0.3) is 6.08 Å². The lowest BCUT2D eigenvalue weighted by Crippen LogP contribution is -2.39. The first-order chi connectivity index (χ1) is 26.2. The third-order valence-corrected chi connectivity index (χ3v) is 11.1. The quantitative estimate of drug-likeness (QED) is 0.0729. The summed E-state index contributed by atoms with van der Waals surface area (Å²) in [5, 5.41) is 8.43. The summed E-state index contributed by atoms with van der Waals surface area (Å²) in [6.45, 7) is 9.81. The summed E-state index contributed by atoms with van der Waals surface area (Å²) in [6.07, 6.45) is 2.03. The fourth-order valence-electron chi connectivity index (χ4n) is 5.62. The van der Waals surface area contributed by atoms with Gasteiger partial charge in [0, 0.05) is 32.0 Å². The van der Waals surface area contributed by atoms with Crippen LogP contribution in [0.4, 0.5) is 15.5 Å². The van der Waals surface area contributed by atoms with Crippen molar-refractivity contribution in [2.24, 2.45) is 0 Å². The van der Waals surface area contributed by atoms with Crippen LogP contribution in [0.2, 0.25) is 0 Å². The van der Waals surface area contributed by atoms with Gasteiger partial charge in [0.05, 0.1) is 24.0 Å². The van der Waals surface area contributed by atoms with Gasteiger partial charge in [-0.05, 0) is 100 Å². The lowest BCUT2D eigenvalue weighted by Gasteiger charge is -2.30. The lowest BCUT2D eigenvalue weighted by molar-refractivity contribution is -0.116. The molecule has 14 heteroatoms. The summed E-state index contributed by atoms with van der Waals surface area (Å²) in [5.74, 6) is -1.80. The van der Waals surface area contributed by atoms with Gasteiger partial charge in [0.1, 0.15) is 16.3 Å². The van der Waals surface area contributed by atoms with Gasteiger partial charge < -0.3 is 30.3 Å². The Balaban J connectivity index is 1.32. The van der Waals surface area contributed by atoms with Gasteiger partial charge in [-0.15, -0.1) is 23.1 Å². The van der Waals surface area contributed by atoms with E-state index in [2.05, 4.69) is 31.9 Å². The third-order valence-electron chi connectivity index (χ3n) is 8.15. The molecule has 0 saturated heterocycles. The molecule has 1 aromatic heterocycles. The highest BCUT2D eigenvalue weighted by Crippen LogP contribution is 2.39. The van der Waals surface area contributed by atoms with Gasteiger partial charge in [-0.2, -0.15) is 0 Å². The first-order valence-electron chi connectivity index (χ1n) is 17.8. The molecule has 288 valence electrons. The zero-order chi connectivity index (χ0) is 39.7. The van der Waals surface area contributed by atoms with Crippen molar-refractivity contribution >= 4 is 85.6 Å². The standard InChI is InChI=1S/C41H43BrN4O7S2/c1-6-32(37(49)45-38-34(39(50)52-7-2)30-19-20-46(24-33(30)55-38)40(51)53-41(3,4)5)54-29-18-12-17-28(23-29)43-36(48)31(22-25-13-11-16-27(42)21-25)44-35(47)26-14-9-8-10-15-26/h8-18,21-23,32H,6-7,19-20,24H2,1-5H3,(H,43,48)(H,44,47)(H,45,49)/b31-22+. The number of thiophene rings is 1. The van der Waals surface area contributed by atoms with Crippen molar-refractivity contribution in [3.8, 4) is 0 Å². The number of esters is 1. The normalized spacial score (nSPS) is 13.3. The second-order valence-corrected chi connectivity index (χ2v) is 16.8. The maximum atomic E-state index is 13.8. The smallest absolute Gasteiger partial charge is 0.410 e. The highest BCUT2D eigenvalue weighted by atomic mass is 79.9. The van der Waals surface area contributed by atoms with Crippen LogP contribution in [0.1, 0.15) is 77.8 Å². The molecule has 11 nitrogen and oxygen atoms in total. The molecule has 1 aliphatic heterocycles. The predicted molar refractivity (Wildman–Crippen MR) is 220 cm³/mol. The second kappa shape index (κ2) is 18.6. The number of nitrogens with zero attached hydrogens (tertiary/aromatic N) is 1. The Hall–Kier alpha value is -4.92. The number of nitrogens with one attached hydrogen (secondary N) is 3. The molecule has 0 spiro atoms. The highest BCUT2D eigenvalue weighted by molar-refractivity contribution is 9.10. The van der Waals surface area contributed by atoms with Crippen molar-refractivity contribution in [2.45, 2.75) is 69.8 Å². The molecule has 1 unspecified atom stereocenters. The van der Waals surface area contributed by atoms with Gasteiger partial charge >= 0.3 is 12.1 Å². The minimum absolute atomic E-state index is 0.0427. The summed E-state index contributed by atoms with van der Waals surface area (Å²) < 4.78 is 11.8. The molecular weight excluding hydrogens is 805 g/mol. The molecule has 4 aromatic rings. The van der Waals surface area contributed by atoms with Crippen LogP contribution in [0, 0.1) is 0 Å². The van der Waals surface area contributed by atoms with E-state index in [-0.39, 0.29) is 24.8 Å². The number of carbonyl (C=O) groups excluding carboxylic acids is 5. The topological polar surface area (TPSA) is 143 Å². The van der Waals surface area contributed by atoms with Crippen molar-refractivity contribution in [3.63, 3.8) is 0 Å². The Kier molecular flexibility index (Phi) is 14.0. The number of anilines is 2. The van der Waals surface area contributed by atoms with E-state index in [1.807, 2.05) is 37.3 Å². The Morgan fingerprint density at radius 3 is 2.40 bits per heavy atom.